The van der Waals surface area contributed by atoms with E-state index >= 15 is 0 Å². The van der Waals surface area contributed by atoms with E-state index in [9.17, 15) is 56.3 Å². The molecular weight excluding hydrogens is 659 g/mol. The molecule has 0 aliphatic carbocycles. The van der Waals surface area contributed by atoms with Gasteiger partial charge in [0.1, 0.15) is 0 Å². The number of hydrogen-bond donors (Lipinski definition) is 0. The van der Waals surface area contributed by atoms with Crippen LogP contribution in [-0.2, 0) is 23.6 Å². The van der Waals surface area contributed by atoms with Crippen LogP contribution in [0.25, 0.3) is 0 Å². The third-order valence-corrected chi connectivity index (χ3v) is 13.1. The van der Waals surface area contributed by atoms with Crippen molar-refractivity contribution in [2.24, 2.45) is 0 Å². The molecule has 17 heteroatoms. The van der Waals surface area contributed by atoms with Crippen LogP contribution in [0.4, 0.5) is 39.5 Å². The van der Waals surface area contributed by atoms with Gasteiger partial charge < -0.3 is 0 Å². The highest BCUT2D eigenvalue weighted by molar-refractivity contribution is 8.33. The molecule has 0 amide bonds. The van der Waals surface area contributed by atoms with Crippen LogP contribution in [0, 0.1) is 0 Å². The van der Waals surface area contributed by atoms with Gasteiger partial charge in [0.15, 0.2) is 9.84 Å². The van der Waals surface area contributed by atoms with Crippen LogP contribution in [0.5, 0.6) is 0 Å². The Morgan fingerprint density at radius 1 is 0.581 bits per heavy atom. The van der Waals surface area contributed by atoms with E-state index in [1.165, 1.54) is 36.4 Å². The first-order valence-corrected chi connectivity index (χ1v) is 16.7. The van der Waals surface area contributed by atoms with Gasteiger partial charge in [-0.25, -0.2) is 12.0 Å². The number of sulfone groups is 1. The normalized spacial score (nSPS) is 14.5. The molecule has 3 rings (SSSR count). The molecule has 0 saturated heterocycles. The third kappa shape index (κ3) is 6.13. The second-order valence-electron chi connectivity index (χ2n) is 9.01. The summed E-state index contributed by atoms with van der Waals surface area (Å²) in [5.41, 5.74) is 0. The molecule has 0 aliphatic heterocycles. The van der Waals surface area contributed by atoms with Crippen LogP contribution in [0.15, 0.2) is 105 Å². The minimum absolute atomic E-state index is 0.274. The molecule has 0 aromatic heterocycles. The highest BCUT2D eigenvalue weighted by Gasteiger charge is 2.86. The highest BCUT2D eigenvalue weighted by atomic mass is 32.3. The largest absolute Gasteiger partial charge is 0.460 e. The van der Waals surface area contributed by atoms with E-state index in [0.29, 0.717) is 6.42 Å². The van der Waals surface area contributed by atoms with Crippen LogP contribution >= 0.6 is 10.3 Å². The van der Waals surface area contributed by atoms with Gasteiger partial charge >= 0.3 is 33.4 Å². The molecule has 0 atom stereocenters. The molecule has 0 saturated carbocycles. The lowest BCUT2D eigenvalue weighted by molar-refractivity contribution is -0.382. The second-order valence-corrected chi connectivity index (χ2v) is 15.6. The Morgan fingerprint density at radius 2 is 0.977 bits per heavy atom. The minimum atomic E-state index is -7.52. The quantitative estimate of drug-likeness (QED) is 0.180. The summed E-state index contributed by atoms with van der Waals surface area (Å²) in [6.45, 7) is 1.73. The first-order valence-electron chi connectivity index (χ1n) is 12.1. The topological polar surface area (TPSA) is 77.5 Å². The van der Waals surface area contributed by atoms with Gasteiger partial charge in [-0.1, -0.05) is 49.7 Å². The van der Waals surface area contributed by atoms with Crippen molar-refractivity contribution in [3.8, 4) is 0 Å². The lowest BCUT2D eigenvalue weighted by Crippen LogP contribution is -2.63. The zero-order chi connectivity index (χ0) is 32.5. The summed E-state index contributed by atoms with van der Waals surface area (Å²) in [7, 11) is -15.5. The van der Waals surface area contributed by atoms with Crippen molar-refractivity contribution in [1.29, 1.82) is 0 Å². The molecule has 0 radical (unpaired) electrons. The lowest BCUT2D eigenvalue weighted by atomic mass is 10.1. The molecule has 0 spiro atoms. The van der Waals surface area contributed by atoms with Crippen molar-refractivity contribution in [3.05, 3.63) is 84.9 Å². The number of unbranched alkanes of at least 4 members (excludes halogenated alkanes) is 1. The van der Waals surface area contributed by atoms with E-state index in [-0.39, 0.29) is 31.8 Å². The van der Waals surface area contributed by atoms with Crippen LogP contribution < -0.4 is 0 Å². The monoisotopic (exact) mass is 682 g/mol. The summed E-state index contributed by atoms with van der Waals surface area (Å²) < 4.78 is 180. The smallest absolute Gasteiger partial charge is 0.224 e. The summed E-state index contributed by atoms with van der Waals surface area (Å²) in [4.78, 5) is -1.23. The summed E-state index contributed by atoms with van der Waals surface area (Å²) >= 11 is 0. The van der Waals surface area contributed by atoms with Crippen LogP contribution in [-0.4, -0.2) is 45.9 Å². The number of hydrogen-bond acceptors (Lipinski definition) is 5. The molecule has 0 bridgehead atoms. The number of halogens is 9. The molecule has 238 valence electrons. The van der Waals surface area contributed by atoms with Crippen molar-refractivity contribution in [1.82, 2.24) is 0 Å². The van der Waals surface area contributed by atoms with Gasteiger partial charge in [0.05, 0.1) is 10.6 Å². The molecule has 3 aromatic rings. The first-order chi connectivity index (χ1) is 19.7. The Balaban J connectivity index is 2.34. The average Bonchev–Trinajstić information content (AvgIpc) is 2.95. The Kier molecular flexibility index (Phi) is 9.67. The van der Waals surface area contributed by atoms with Crippen molar-refractivity contribution < 1.29 is 60.0 Å². The van der Waals surface area contributed by atoms with Crippen molar-refractivity contribution in [2.75, 3.05) is 5.75 Å². The maximum absolute atomic E-state index is 14.9. The van der Waals surface area contributed by atoms with Crippen LogP contribution in [0.3, 0.4) is 0 Å². The van der Waals surface area contributed by atoms with Gasteiger partial charge in [0.2, 0.25) is 0 Å². The van der Waals surface area contributed by atoms with E-state index < -0.39 is 53.5 Å². The number of benzene rings is 3. The molecule has 0 aliphatic rings. The van der Waals surface area contributed by atoms with Crippen LogP contribution in [0.1, 0.15) is 19.8 Å². The number of alkyl halides is 9. The zero-order valence-electron chi connectivity index (χ0n) is 21.9. The zero-order valence-corrected chi connectivity index (χ0v) is 24.3. The summed E-state index contributed by atoms with van der Waals surface area (Å²) in [6, 6.07) is 16.3. The van der Waals surface area contributed by atoms with Gasteiger partial charge in [-0.05, 0) is 65.3 Å². The molecule has 0 unspecified atom stereocenters. The van der Waals surface area contributed by atoms with Gasteiger partial charge in [0.25, 0.3) is 0 Å². The average molecular weight is 683 g/mol. The first kappa shape index (κ1) is 34.7. The summed E-state index contributed by atoms with van der Waals surface area (Å²) in [5.74, 6) is -15.3. The van der Waals surface area contributed by atoms with E-state index in [4.69, 9.17) is 3.63 Å². The second kappa shape index (κ2) is 12.0. The van der Waals surface area contributed by atoms with Crippen molar-refractivity contribution >= 4 is 30.3 Å². The lowest BCUT2D eigenvalue weighted by Gasteiger charge is -2.41. The maximum atomic E-state index is 14.9. The molecule has 0 heterocycles. The predicted octanol–water partition coefficient (Wildman–Crippen LogP) is 8.23. The molecule has 0 fully saturated rings. The van der Waals surface area contributed by atoms with E-state index in [1.807, 2.05) is 0 Å². The van der Waals surface area contributed by atoms with Gasteiger partial charge in [-0.2, -0.15) is 47.9 Å². The Hall–Kier alpha value is -2.76. The van der Waals surface area contributed by atoms with Gasteiger partial charge in [-0.15, -0.1) is 0 Å². The van der Waals surface area contributed by atoms with E-state index in [0.717, 1.165) is 48.5 Å². The minimum Gasteiger partial charge on any atom is -0.224 e. The Bertz CT molecular complexity index is 1570. The molecule has 3 aromatic carbocycles. The molecular formula is C26H23F9O5S3. The fourth-order valence-corrected chi connectivity index (χ4v) is 10.4. The Labute approximate surface area is 243 Å². The molecule has 0 N–H and O–H groups in total. The maximum Gasteiger partial charge on any atom is 0.460 e. The fraction of sp³-hybridized carbons (Fsp3) is 0.308. The van der Waals surface area contributed by atoms with Crippen molar-refractivity contribution in [2.45, 2.75) is 62.6 Å². The van der Waals surface area contributed by atoms with Crippen molar-refractivity contribution in [3.63, 3.8) is 0 Å². The summed E-state index contributed by atoms with van der Waals surface area (Å²) in [5, 5.41) is -7.12. The Morgan fingerprint density at radius 3 is 1.37 bits per heavy atom. The standard InChI is InChI=1S/C26H23F9O5S3/c1-2-3-18-41(36,37)19-14-16-22(17-15-19)42(20-10-6-4-7-11-20,21-12-8-5-9-13-21)40-43(38,39)26(34,35)24(29,30)23(27,28)25(31,32)33/h4-17H,2-3,18H2,1H3. The molecule has 5 nitrogen and oxygen atoms in total. The van der Waals surface area contributed by atoms with Gasteiger partial charge in [0, 0.05) is 14.7 Å². The number of rotatable bonds is 12. The molecule has 43 heavy (non-hydrogen) atoms. The highest BCUT2D eigenvalue weighted by Crippen LogP contribution is 2.71. The fourth-order valence-electron chi connectivity index (χ4n) is 3.74. The summed E-state index contributed by atoms with van der Waals surface area (Å²) in [6.07, 6.45) is -6.47. The predicted molar refractivity (Wildman–Crippen MR) is 140 cm³/mol. The SMILES string of the molecule is CCCCS(=O)(=O)c1ccc(S(OS(=O)(=O)C(F)(F)C(F)(F)C(F)(F)C(F)(F)F)(c2ccccc2)c2ccccc2)cc1. The van der Waals surface area contributed by atoms with Gasteiger partial charge in [-0.3, -0.25) is 0 Å². The third-order valence-electron chi connectivity index (χ3n) is 6.05. The van der Waals surface area contributed by atoms with E-state index in [2.05, 4.69) is 0 Å². The van der Waals surface area contributed by atoms with Crippen LogP contribution in [0.2, 0.25) is 0 Å². The van der Waals surface area contributed by atoms with E-state index in [1.54, 1.807) is 6.92 Å².